The number of carboxylic acids is 1. The first kappa shape index (κ1) is 26.0. The van der Waals surface area contributed by atoms with Gasteiger partial charge < -0.3 is 24.4 Å². The number of ether oxygens (including phenoxy) is 3. The molecule has 8 nitrogen and oxygen atoms in total. The Balaban J connectivity index is 0.000000179. The lowest BCUT2D eigenvalue weighted by molar-refractivity contribution is -0.137. The van der Waals surface area contributed by atoms with Crippen molar-refractivity contribution in [2.75, 3.05) is 26.4 Å². The van der Waals surface area contributed by atoms with Crippen LogP contribution < -0.4 is 9.47 Å². The standard InChI is InChI=1S/C20H24N2O2.C10H10O4/c1-13-18(17-9-5-7-15-6-4-8-16(15)17)14(2)22-19(21-13)24-12-20(3)10-23-11-20;11-7-1-2-8-6(3-10(12)13)5-14-9(8)4-7/h5,7,9H,4,6,8,10-12H2,1-3H3;1-2,4,6,11H,3,5H2,(H,12,13). The largest absolute Gasteiger partial charge is 0.508 e. The van der Waals surface area contributed by atoms with Crippen LogP contribution in [0, 0.1) is 19.3 Å². The van der Waals surface area contributed by atoms with Gasteiger partial charge in [-0.05, 0) is 55.9 Å². The Kier molecular flexibility index (Phi) is 7.25. The summed E-state index contributed by atoms with van der Waals surface area (Å²) in [5.74, 6) is -0.196. The quantitative estimate of drug-likeness (QED) is 0.469. The molecule has 0 spiro atoms. The zero-order valence-electron chi connectivity index (χ0n) is 22.1. The van der Waals surface area contributed by atoms with Crippen LogP contribution in [0.5, 0.6) is 17.5 Å². The van der Waals surface area contributed by atoms with Gasteiger partial charge in [-0.15, -0.1) is 0 Å². The first-order valence-corrected chi connectivity index (χ1v) is 13.1. The molecule has 8 heteroatoms. The molecule has 2 aliphatic heterocycles. The highest BCUT2D eigenvalue weighted by atomic mass is 16.5. The molecule has 1 aliphatic carbocycles. The van der Waals surface area contributed by atoms with Gasteiger partial charge in [0.2, 0.25) is 0 Å². The molecule has 0 saturated carbocycles. The predicted octanol–water partition coefficient (Wildman–Crippen LogP) is 5.01. The summed E-state index contributed by atoms with van der Waals surface area (Å²) < 4.78 is 16.4. The molecule has 1 saturated heterocycles. The SMILES string of the molecule is Cc1nc(OCC2(C)COC2)nc(C)c1-c1cccc2c1CCC2.O=C(O)CC1COc2cc(O)ccc21. The molecule has 1 aromatic heterocycles. The predicted molar refractivity (Wildman–Crippen MR) is 142 cm³/mol. The number of carbonyl (C=O) groups is 1. The highest BCUT2D eigenvalue weighted by Crippen LogP contribution is 2.38. The number of phenols is 1. The molecule has 2 aromatic carbocycles. The van der Waals surface area contributed by atoms with E-state index in [4.69, 9.17) is 24.4 Å². The number of hydrogen-bond acceptors (Lipinski definition) is 7. The minimum absolute atomic E-state index is 0.0672. The molecule has 1 fully saturated rings. The summed E-state index contributed by atoms with van der Waals surface area (Å²) in [6, 6.07) is 11.9. The minimum atomic E-state index is -0.834. The molecule has 3 heterocycles. The van der Waals surface area contributed by atoms with E-state index in [0.717, 1.165) is 36.6 Å². The van der Waals surface area contributed by atoms with Crippen LogP contribution in [0.15, 0.2) is 36.4 Å². The van der Waals surface area contributed by atoms with Gasteiger partial charge >= 0.3 is 12.0 Å². The lowest BCUT2D eigenvalue weighted by Crippen LogP contribution is -2.44. The van der Waals surface area contributed by atoms with E-state index < -0.39 is 5.97 Å². The van der Waals surface area contributed by atoms with Crippen molar-refractivity contribution in [1.82, 2.24) is 9.97 Å². The number of aromatic nitrogens is 2. The Morgan fingerprint density at radius 1 is 1.13 bits per heavy atom. The Morgan fingerprint density at radius 3 is 2.58 bits per heavy atom. The monoisotopic (exact) mass is 518 g/mol. The van der Waals surface area contributed by atoms with Crippen molar-refractivity contribution in [1.29, 1.82) is 0 Å². The maximum atomic E-state index is 10.5. The number of fused-ring (bicyclic) bond motifs is 2. The molecular formula is C30H34N2O6. The molecule has 3 aliphatic rings. The van der Waals surface area contributed by atoms with Crippen LogP contribution in [0.3, 0.4) is 0 Å². The van der Waals surface area contributed by atoms with Gasteiger partial charge in [0.25, 0.3) is 0 Å². The van der Waals surface area contributed by atoms with Crippen molar-refractivity contribution >= 4 is 5.97 Å². The number of aryl methyl sites for hydroxylation is 3. The van der Waals surface area contributed by atoms with Gasteiger partial charge in [-0.25, -0.2) is 0 Å². The smallest absolute Gasteiger partial charge is 0.316 e. The van der Waals surface area contributed by atoms with E-state index in [0.29, 0.717) is 25.0 Å². The second kappa shape index (κ2) is 10.6. The van der Waals surface area contributed by atoms with E-state index >= 15 is 0 Å². The van der Waals surface area contributed by atoms with Crippen molar-refractivity contribution in [3.05, 3.63) is 64.5 Å². The maximum Gasteiger partial charge on any atom is 0.316 e. The number of aromatic hydroxyl groups is 1. The lowest BCUT2D eigenvalue weighted by atomic mass is 9.90. The summed E-state index contributed by atoms with van der Waals surface area (Å²) in [4.78, 5) is 19.8. The van der Waals surface area contributed by atoms with E-state index in [2.05, 4.69) is 48.9 Å². The summed E-state index contributed by atoms with van der Waals surface area (Å²) in [5.41, 5.74) is 8.37. The van der Waals surface area contributed by atoms with Crippen LogP contribution >= 0.6 is 0 Å². The van der Waals surface area contributed by atoms with Crippen molar-refractivity contribution < 1.29 is 29.2 Å². The lowest BCUT2D eigenvalue weighted by Gasteiger charge is -2.37. The van der Waals surface area contributed by atoms with Crippen LogP contribution in [0.25, 0.3) is 11.1 Å². The van der Waals surface area contributed by atoms with Crippen molar-refractivity contribution in [3.63, 3.8) is 0 Å². The van der Waals surface area contributed by atoms with Crippen LogP contribution in [-0.2, 0) is 22.4 Å². The Labute approximate surface area is 222 Å². The van der Waals surface area contributed by atoms with Gasteiger partial charge in [-0.2, -0.15) is 9.97 Å². The van der Waals surface area contributed by atoms with Gasteiger partial charge in [-0.3, -0.25) is 4.79 Å². The third-order valence-corrected chi connectivity index (χ3v) is 7.41. The third kappa shape index (κ3) is 5.45. The highest BCUT2D eigenvalue weighted by molar-refractivity contribution is 5.73. The molecule has 1 unspecified atom stereocenters. The third-order valence-electron chi connectivity index (χ3n) is 7.41. The summed E-state index contributed by atoms with van der Waals surface area (Å²) in [5, 5.41) is 17.8. The number of rotatable bonds is 6. The van der Waals surface area contributed by atoms with Crippen molar-refractivity contribution in [3.8, 4) is 28.6 Å². The van der Waals surface area contributed by atoms with E-state index in [-0.39, 0.29) is 23.5 Å². The van der Waals surface area contributed by atoms with Gasteiger partial charge in [0, 0.05) is 28.5 Å². The highest BCUT2D eigenvalue weighted by Gasteiger charge is 2.34. The number of benzene rings is 2. The fourth-order valence-corrected chi connectivity index (χ4v) is 5.41. The normalized spacial score (nSPS) is 18.3. The molecule has 0 bridgehead atoms. The number of hydrogen-bond donors (Lipinski definition) is 2. The fraction of sp³-hybridized carbons (Fsp3) is 0.433. The second-order valence-corrected chi connectivity index (χ2v) is 10.8. The Morgan fingerprint density at radius 2 is 1.89 bits per heavy atom. The van der Waals surface area contributed by atoms with Crippen molar-refractivity contribution in [2.45, 2.75) is 52.4 Å². The summed E-state index contributed by atoms with van der Waals surface area (Å²) >= 11 is 0. The van der Waals surface area contributed by atoms with Crippen LogP contribution in [0.1, 0.15) is 53.8 Å². The number of phenolic OH excluding ortho intramolecular Hbond substituents is 1. The number of carboxylic acid groups (broad SMARTS) is 1. The molecule has 3 aromatic rings. The van der Waals surface area contributed by atoms with Gasteiger partial charge in [0.1, 0.15) is 18.1 Å². The number of aliphatic carboxylic acids is 1. The molecule has 200 valence electrons. The van der Waals surface area contributed by atoms with Crippen molar-refractivity contribution in [2.24, 2.45) is 5.41 Å². The average molecular weight is 519 g/mol. The zero-order chi connectivity index (χ0) is 26.9. The minimum Gasteiger partial charge on any atom is -0.508 e. The Hall–Kier alpha value is -3.65. The molecule has 6 rings (SSSR count). The molecule has 0 radical (unpaired) electrons. The first-order chi connectivity index (χ1) is 18.2. The molecule has 38 heavy (non-hydrogen) atoms. The van der Waals surface area contributed by atoms with E-state index in [1.807, 2.05) is 0 Å². The second-order valence-electron chi connectivity index (χ2n) is 10.8. The topological polar surface area (TPSA) is 111 Å². The van der Waals surface area contributed by atoms with Gasteiger partial charge in [0.05, 0.1) is 37.6 Å². The summed E-state index contributed by atoms with van der Waals surface area (Å²) in [6.45, 7) is 8.76. The number of nitrogens with zero attached hydrogens (tertiary/aromatic N) is 2. The molecule has 1 atom stereocenters. The fourth-order valence-electron chi connectivity index (χ4n) is 5.41. The maximum absolute atomic E-state index is 10.5. The van der Waals surface area contributed by atoms with E-state index in [9.17, 15) is 4.79 Å². The Bertz CT molecular complexity index is 1330. The first-order valence-electron chi connectivity index (χ1n) is 13.1. The van der Waals surface area contributed by atoms with Crippen LogP contribution in [-0.4, -0.2) is 52.6 Å². The van der Waals surface area contributed by atoms with Gasteiger partial charge in [0.15, 0.2) is 0 Å². The molecular weight excluding hydrogens is 484 g/mol. The molecule has 0 amide bonds. The van der Waals surface area contributed by atoms with Crippen LogP contribution in [0.2, 0.25) is 0 Å². The molecule has 2 N–H and O–H groups in total. The van der Waals surface area contributed by atoms with E-state index in [1.54, 1.807) is 12.1 Å². The summed E-state index contributed by atoms with van der Waals surface area (Å²) in [7, 11) is 0. The van der Waals surface area contributed by atoms with E-state index in [1.165, 1.54) is 41.2 Å². The summed E-state index contributed by atoms with van der Waals surface area (Å²) in [6.07, 6.45) is 3.65. The zero-order valence-corrected chi connectivity index (χ0v) is 22.1. The average Bonchev–Trinajstić information content (AvgIpc) is 3.48. The van der Waals surface area contributed by atoms with Gasteiger partial charge in [-0.1, -0.05) is 31.2 Å². The van der Waals surface area contributed by atoms with Crippen LogP contribution in [0.4, 0.5) is 0 Å².